The summed E-state index contributed by atoms with van der Waals surface area (Å²) in [6, 6.07) is 17.5. The van der Waals surface area contributed by atoms with Gasteiger partial charge in [0.25, 0.3) is 0 Å². The molecule has 5 rings (SSSR count). The summed E-state index contributed by atoms with van der Waals surface area (Å²) in [6.07, 6.45) is 3.33. The molecule has 3 aromatic rings. The van der Waals surface area contributed by atoms with E-state index in [0.717, 1.165) is 23.1 Å². The maximum atomic E-state index is 13.5. The van der Waals surface area contributed by atoms with E-state index in [1.54, 1.807) is 0 Å². The molecule has 0 amide bonds. The summed E-state index contributed by atoms with van der Waals surface area (Å²) in [6.45, 7) is 0.748. The number of piperidine rings is 1. The fourth-order valence-corrected chi connectivity index (χ4v) is 5.83. The summed E-state index contributed by atoms with van der Waals surface area (Å²) in [4.78, 5) is 0.00812. The first-order valence-corrected chi connectivity index (χ1v) is 10.7. The van der Waals surface area contributed by atoms with Crippen LogP contribution in [0.4, 0.5) is 10.1 Å². The van der Waals surface area contributed by atoms with E-state index in [1.807, 2.05) is 24.4 Å². The normalized spacial score (nSPS) is 18.3. The molecule has 144 valence electrons. The lowest BCUT2D eigenvalue weighted by atomic mass is 9.83. The Morgan fingerprint density at radius 2 is 1.75 bits per heavy atom. The zero-order chi connectivity index (χ0) is 19.4. The van der Waals surface area contributed by atoms with Gasteiger partial charge in [0.2, 0.25) is 10.0 Å². The molecule has 0 saturated carbocycles. The van der Waals surface area contributed by atoms with Crippen LogP contribution in [0, 0.1) is 5.82 Å². The van der Waals surface area contributed by atoms with Crippen molar-refractivity contribution in [3.8, 4) is 5.69 Å². The molecule has 5 nitrogen and oxygen atoms in total. The van der Waals surface area contributed by atoms with Gasteiger partial charge >= 0.3 is 0 Å². The number of fused-ring (bicyclic) bond motifs is 4. The van der Waals surface area contributed by atoms with E-state index >= 15 is 0 Å². The van der Waals surface area contributed by atoms with Gasteiger partial charge in [-0.1, -0.05) is 18.2 Å². The highest BCUT2D eigenvalue weighted by atomic mass is 32.2. The third kappa shape index (κ3) is 2.57. The minimum atomic E-state index is -3.71. The van der Waals surface area contributed by atoms with Crippen LogP contribution in [-0.2, 0) is 15.6 Å². The molecule has 0 radical (unpaired) electrons. The summed E-state index contributed by atoms with van der Waals surface area (Å²) >= 11 is 0. The molecular weight excluding hydrogens is 377 g/mol. The van der Waals surface area contributed by atoms with Crippen molar-refractivity contribution >= 4 is 15.7 Å². The minimum absolute atomic E-state index is 0.00812. The Morgan fingerprint density at radius 1 is 0.964 bits per heavy atom. The molecule has 7 heteroatoms. The van der Waals surface area contributed by atoms with Gasteiger partial charge in [-0.05, 0) is 55.3 Å². The molecule has 1 spiro atoms. The molecule has 1 fully saturated rings. The lowest BCUT2D eigenvalue weighted by molar-refractivity contribution is 0.247. The molecule has 2 aliphatic rings. The highest BCUT2D eigenvalue weighted by Gasteiger charge is 2.43. The molecule has 1 aromatic heterocycles. The fraction of sp³-hybridized carbons (Fsp3) is 0.238. The molecular formula is C21H20FN3O2S. The van der Waals surface area contributed by atoms with Crippen molar-refractivity contribution in [2.24, 2.45) is 0 Å². The Morgan fingerprint density at radius 3 is 2.54 bits per heavy atom. The zero-order valence-electron chi connectivity index (χ0n) is 15.2. The molecule has 2 aromatic carbocycles. The highest BCUT2D eigenvalue weighted by molar-refractivity contribution is 7.89. The van der Waals surface area contributed by atoms with Crippen molar-refractivity contribution in [3.63, 3.8) is 0 Å². The van der Waals surface area contributed by atoms with Gasteiger partial charge in [-0.2, -0.15) is 4.31 Å². The van der Waals surface area contributed by atoms with E-state index in [9.17, 15) is 12.8 Å². The average molecular weight is 397 g/mol. The van der Waals surface area contributed by atoms with E-state index < -0.39 is 15.8 Å². The van der Waals surface area contributed by atoms with Gasteiger partial charge < -0.3 is 9.88 Å². The van der Waals surface area contributed by atoms with Crippen molar-refractivity contribution in [2.75, 3.05) is 18.4 Å². The van der Waals surface area contributed by atoms with Crippen molar-refractivity contribution in [1.82, 2.24) is 8.87 Å². The van der Waals surface area contributed by atoms with Crippen LogP contribution < -0.4 is 5.32 Å². The van der Waals surface area contributed by atoms with Crippen LogP contribution in [0.2, 0.25) is 0 Å². The van der Waals surface area contributed by atoms with E-state index in [0.29, 0.717) is 25.9 Å². The SMILES string of the molecule is O=S(=O)(c1cccc(F)c1)N1CCC2(CC1)Nc1ccccc1-n1cccc12. The number of aromatic nitrogens is 1. The summed E-state index contributed by atoms with van der Waals surface area (Å²) in [5, 5.41) is 3.67. The second kappa shape index (κ2) is 6.18. The third-order valence-corrected chi connectivity index (χ3v) is 7.68. The van der Waals surface area contributed by atoms with Crippen LogP contribution in [0.15, 0.2) is 71.8 Å². The van der Waals surface area contributed by atoms with Crippen LogP contribution in [0.1, 0.15) is 18.5 Å². The monoisotopic (exact) mass is 397 g/mol. The molecule has 0 aliphatic carbocycles. The number of para-hydroxylation sites is 2. The average Bonchev–Trinajstić information content (AvgIpc) is 3.20. The summed E-state index contributed by atoms with van der Waals surface area (Å²) in [7, 11) is -3.71. The molecule has 3 heterocycles. The predicted octanol–water partition coefficient (Wildman–Crippen LogP) is 3.72. The quantitative estimate of drug-likeness (QED) is 0.717. The first-order chi connectivity index (χ1) is 13.5. The molecule has 0 unspecified atom stereocenters. The van der Waals surface area contributed by atoms with Gasteiger partial charge in [0, 0.05) is 25.0 Å². The fourth-order valence-electron chi connectivity index (χ4n) is 4.36. The number of nitrogens with zero attached hydrogens (tertiary/aromatic N) is 2. The van der Waals surface area contributed by atoms with Gasteiger partial charge in [0.15, 0.2) is 0 Å². The molecule has 0 atom stereocenters. The number of hydrogen-bond donors (Lipinski definition) is 1. The maximum absolute atomic E-state index is 13.5. The Kier molecular flexibility index (Phi) is 3.86. The van der Waals surface area contributed by atoms with E-state index in [-0.39, 0.29) is 10.4 Å². The van der Waals surface area contributed by atoms with Gasteiger partial charge in [-0.3, -0.25) is 0 Å². The topological polar surface area (TPSA) is 54.3 Å². The molecule has 1 saturated heterocycles. The van der Waals surface area contributed by atoms with Crippen molar-refractivity contribution in [1.29, 1.82) is 0 Å². The first-order valence-electron chi connectivity index (χ1n) is 9.31. The standard InChI is InChI=1S/C21H20FN3O2S/c22-16-5-3-6-17(15-16)28(26,27)24-13-10-21(11-14-24)20-9-4-12-25(20)19-8-2-1-7-18(19)23-21/h1-9,12,15,23H,10-11,13-14H2. The zero-order valence-corrected chi connectivity index (χ0v) is 16.0. The number of nitrogens with one attached hydrogen (secondary N) is 1. The Labute approximate surface area is 163 Å². The maximum Gasteiger partial charge on any atom is 0.243 e. The first kappa shape index (κ1) is 17.5. The number of hydrogen-bond acceptors (Lipinski definition) is 3. The van der Waals surface area contributed by atoms with E-state index in [4.69, 9.17) is 0 Å². The van der Waals surface area contributed by atoms with Gasteiger partial charge in [0.05, 0.1) is 21.8 Å². The number of benzene rings is 2. The number of sulfonamides is 1. The second-order valence-electron chi connectivity index (χ2n) is 7.35. The number of anilines is 1. The van der Waals surface area contributed by atoms with E-state index in [1.165, 1.54) is 22.5 Å². The summed E-state index contributed by atoms with van der Waals surface area (Å²) < 4.78 is 43.0. The van der Waals surface area contributed by atoms with Gasteiger partial charge in [-0.15, -0.1) is 0 Å². The molecule has 0 bridgehead atoms. The predicted molar refractivity (Wildman–Crippen MR) is 105 cm³/mol. The van der Waals surface area contributed by atoms with Crippen molar-refractivity contribution in [2.45, 2.75) is 23.3 Å². The Balaban J connectivity index is 1.45. The summed E-state index contributed by atoms with van der Waals surface area (Å²) in [5.74, 6) is -0.544. The van der Waals surface area contributed by atoms with Gasteiger partial charge in [-0.25, -0.2) is 12.8 Å². The summed E-state index contributed by atoms with van der Waals surface area (Å²) in [5.41, 5.74) is 2.98. The van der Waals surface area contributed by atoms with Crippen LogP contribution >= 0.6 is 0 Å². The van der Waals surface area contributed by atoms with Crippen molar-refractivity contribution in [3.05, 3.63) is 78.4 Å². The third-order valence-electron chi connectivity index (χ3n) is 5.79. The Hall–Kier alpha value is -2.64. The Bertz CT molecular complexity index is 1150. The van der Waals surface area contributed by atoms with Crippen LogP contribution in [0.25, 0.3) is 5.69 Å². The number of halogens is 1. The van der Waals surface area contributed by atoms with Crippen LogP contribution in [0.5, 0.6) is 0 Å². The lowest BCUT2D eigenvalue weighted by Gasteiger charge is -2.45. The smallest absolute Gasteiger partial charge is 0.243 e. The van der Waals surface area contributed by atoms with Crippen molar-refractivity contribution < 1.29 is 12.8 Å². The van der Waals surface area contributed by atoms with Gasteiger partial charge in [0.1, 0.15) is 5.82 Å². The number of rotatable bonds is 2. The lowest BCUT2D eigenvalue weighted by Crippen LogP contribution is -2.50. The van der Waals surface area contributed by atoms with E-state index in [2.05, 4.69) is 28.1 Å². The minimum Gasteiger partial charge on any atom is -0.372 e. The molecule has 1 N–H and O–H groups in total. The van der Waals surface area contributed by atoms with Crippen LogP contribution in [-0.4, -0.2) is 30.4 Å². The molecule has 2 aliphatic heterocycles. The largest absolute Gasteiger partial charge is 0.372 e. The van der Waals surface area contributed by atoms with Crippen LogP contribution in [0.3, 0.4) is 0 Å². The molecule has 28 heavy (non-hydrogen) atoms. The highest BCUT2D eigenvalue weighted by Crippen LogP contribution is 2.43. The second-order valence-corrected chi connectivity index (χ2v) is 9.29.